The Bertz CT molecular complexity index is 617. The van der Waals surface area contributed by atoms with Gasteiger partial charge in [0.25, 0.3) is 0 Å². The Morgan fingerprint density at radius 2 is 1.88 bits per heavy atom. The van der Waals surface area contributed by atoms with E-state index in [1.165, 1.54) is 0 Å². The number of carbonyl (C=O) groups is 2. The van der Waals surface area contributed by atoms with Gasteiger partial charge in [0.05, 0.1) is 23.4 Å². The number of likely N-dealkylation sites (tertiary alicyclic amines) is 1. The highest BCUT2D eigenvalue weighted by atomic mass is 35.5. The Kier molecular flexibility index (Phi) is 5.38. The van der Waals surface area contributed by atoms with Crippen molar-refractivity contribution in [2.45, 2.75) is 18.9 Å². The third kappa shape index (κ3) is 3.88. The molecule has 0 saturated carbocycles. The normalized spacial score (nSPS) is 20.5. The Balaban J connectivity index is 1.56. The lowest BCUT2D eigenvalue weighted by molar-refractivity contribution is -0.138. The minimum Gasteiger partial charge on any atom is -0.393 e. The second-order valence-electron chi connectivity index (χ2n) is 6.32. The quantitative estimate of drug-likeness (QED) is 0.881. The van der Waals surface area contributed by atoms with Crippen LogP contribution in [0, 0.1) is 0 Å². The van der Waals surface area contributed by atoms with Crippen LogP contribution < -0.4 is 4.90 Å². The molecule has 2 heterocycles. The topological polar surface area (TPSA) is 64.1 Å². The van der Waals surface area contributed by atoms with Gasteiger partial charge in [0.15, 0.2) is 0 Å². The number of amides is 2. The molecular weight excluding hydrogens is 330 g/mol. The highest BCUT2D eigenvalue weighted by molar-refractivity contribution is 6.33. The van der Waals surface area contributed by atoms with Crippen molar-refractivity contribution in [3.05, 3.63) is 29.3 Å². The van der Waals surface area contributed by atoms with Gasteiger partial charge in [-0.15, -0.1) is 0 Å². The average Bonchev–Trinajstić information content (AvgIpc) is 2.57. The lowest BCUT2D eigenvalue weighted by atomic mass is 10.1. The number of benzene rings is 1. The third-order valence-electron chi connectivity index (χ3n) is 4.63. The monoisotopic (exact) mass is 351 g/mol. The summed E-state index contributed by atoms with van der Waals surface area (Å²) in [4.78, 5) is 30.1. The molecule has 0 aliphatic carbocycles. The molecule has 24 heavy (non-hydrogen) atoms. The first-order chi connectivity index (χ1) is 11.5. The van der Waals surface area contributed by atoms with E-state index >= 15 is 0 Å². The van der Waals surface area contributed by atoms with Gasteiger partial charge < -0.3 is 14.9 Å². The molecule has 0 unspecified atom stereocenters. The van der Waals surface area contributed by atoms with Gasteiger partial charge in [-0.1, -0.05) is 23.7 Å². The lowest BCUT2D eigenvalue weighted by Crippen LogP contribution is -2.54. The number of aliphatic hydroxyl groups is 1. The maximum Gasteiger partial charge on any atom is 0.246 e. The molecule has 2 saturated heterocycles. The van der Waals surface area contributed by atoms with Gasteiger partial charge in [0.1, 0.15) is 6.54 Å². The molecule has 6 nitrogen and oxygen atoms in total. The van der Waals surface area contributed by atoms with Crippen molar-refractivity contribution >= 4 is 29.1 Å². The van der Waals surface area contributed by atoms with Crippen LogP contribution in [0.15, 0.2) is 24.3 Å². The predicted molar refractivity (Wildman–Crippen MR) is 92.1 cm³/mol. The summed E-state index contributed by atoms with van der Waals surface area (Å²) in [6, 6.07) is 7.24. The van der Waals surface area contributed by atoms with Crippen molar-refractivity contribution in [1.29, 1.82) is 0 Å². The van der Waals surface area contributed by atoms with Crippen molar-refractivity contribution in [1.82, 2.24) is 9.80 Å². The summed E-state index contributed by atoms with van der Waals surface area (Å²) in [7, 11) is 0. The van der Waals surface area contributed by atoms with E-state index in [1.807, 2.05) is 23.1 Å². The van der Waals surface area contributed by atoms with Gasteiger partial charge in [-0.2, -0.15) is 0 Å². The lowest BCUT2D eigenvalue weighted by Gasteiger charge is -2.36. The van der Waals surface area contributed by atoms with E-state index in [-0.39, 0.29) is 24.5 Å². The molecule has 0 aromatic heterocycles. The van der Waals surface area contributed by atoms with Gasteiger partial charge in [-0.25, -0.2) is 0 Å². The van der Waals surface area contributed by atoms with Crippen LogP contribution in [0.1, 0.15) is 12.8 Å². The Hall–Kier alpha value is -1.63. The molecule has 1 N–H and O–H groups in total. The average molecular weight is 352 g/mol. The number of piperidine rings is 1. The molecule has 7 heteroatoms. The minimum absolute atomic E-state index is 0.0291. The molecule has 0 spiro atoms. The van der Waals surface area contributed by atoms with Gasteiger partial charge in [-0.05, 0) is 25.0 Å². The van der Waals surface area contributed by atoms with E-state index in [4.69, 9.17) is 11.6 Å². The van der Waals surface area contributed by atoms with Crippen LogP contribution in [0.25, 0.3) is 0 Å². The Labute approximate surface area is 146 Å². The number of hydrogen-bond acceptors (Lipinski definition) is 4. The first kappa shape index (κ1) is 17.2. The molecule has 2 amide bonds. The summed E-state index contributed by atoms with van der Waals surface area (Å²) in [6.45, 7) is 2.80. The number of anilines is 1. The van der Waals surface area contributed by atoms with Gasteiger partial charge in [0, 0.05) is 26.2 Å². The highest BCUT2D eigenvalue weighted by Gasteiger charge is 2.30. The molecule has 0 atom stereocenters. The number of hydrogen-bond donors (Lipinski definition) is 1. The fourth-order valence-electron chi connectivity index (χ4n) is 3.18. The van der Waals surface area contributed by atoms with E-state index in [1.54, 1.807) is 15.9 Å². The molecule has 0 radical (unpaired) electrons. The SMILES string of the molecule is O=C(CN1CCC(O)CC1)N1CCN(c2ccccc2Cl)C(=O)C1. The number of para-hydroxylation sites is 1. The van der Waals surface area contributed by atoms with Crippen molar-refractivity contribution in [2.24, 2.45) is 0 Å². The summed E-state index contributed by atoms with van der Waals surface area (Å²) in [5.74, 6) is -0.143. The largest absolute Gasteiger partial charge is 0.393 e. The van der Waals surface area contributed by atoms with Gasteiger partial charge >= 0.3 is 0 Å². The number of halogens is 1. The summed E-state index contributed by atoms with van der Waals surface area (Å²) in [5, 5.41) is 10.1. The van der Waals surface area contributed by atoms with Crippen LogP contribution in [-0.2, 0) is 9.59 Å². The molecule has 2 aliphatic rings. The number of nitrogens with zero attached hydrogens (tertiary/aromatic N) is 3. The molecule has 130 valence electrons. The van der Waals surface area contributed by atoms with Crippen molar-refractivity contribution < 1.29 is 14.7 Å². The molecule has 1 aromatic carbocycles. The van der Waals surface area contributed by atoms with E-state index in [0.717, 1.165) is 13.1 Å². The fourth-order valence-corrected chi connectivity index (χ4v) is 3.42. The first-order valence-corrected chi connectivity index (χ1v) is 8.65. The highest BCUT2D eigenvalue weighted by Crippen LogP contribution is 2.26. The second-order valence-corrected chi connectivity index (χ2v) is 6.73. The second kappa shape index (κ2) is 7.51. The van der Waals surface area contributed by atoms with E-state index in [2.05, 4.69) is 0 Å². The molecular formula is C17H22ClN3O3. The molecule has 3 rings (SSSR count). The van der Waals surface area contributed by atoms with Crippen molar-refractivity contribution in [3.8, 4) is 0 Å². The van der Waals surface area contributed by atoms with Crippen molar-refractivity contribution in [2.75, 3.05) is 44.2 Å². The summed E-state index contributed by atoms with van der Waals surface area (Å²) in [5.41, 5.74) is 0.696. The van der Waals surface area contributed by atoms with Crippen LogP contribution in [-0.4, -0.2) is 72.1 Å². The molecule has 2 aliphatic heterocycles. The predicted octanol–water partition coefficient (Wildman–Crippen LogP) is 0.972. The fraction of sp³-hybridized carbons (Fsp3) is 0.529. The Morgan fingerprint density at radius 3 is 2.54 bits per heavy atom. The number of piperazine rings is 1. The summed E-state index contributed by atoms with van der Waals surface area (Å²) >= 11 is 6.16. The zero-order chi connectivity index (χ0) is 17.1. The zero-order valence-corrected chi connectivity index (χ0v) is 14.3. The van der Waals surface area contributed by atoms with E-state index in [0.29, 0.717) is 43.2 Å². The number of rotatable bonds is 3. The zero-order valence-electron chi connectivity index (χ0n) is 13.5. The van der Waals surface area contributed by atoms with E-state index < -0.39 is 0 Å². The maximum atomic E-state index is 12.4. The van der Waals surface area contributed by atoms with Crippen LogP contribution in [0.2, 0.25) is 5.02 Å². The smallest absolute Gasteiger partial charge is 0.246 e. The molecule has 1 aromatic rings. The van der Waals surface area contributed by atoms with Crippen LogP contribution >= 0.6 is 11.6 Å². The first-order valence-electron chi connectivity index (χ1n) is 8.27. The number of carbonyl (C=O) groups excluding carboxylic acids is 2. The molecule has 0 bridgehead atoms. The summed E-state index contributed by atoms with van der Waals surface area (Å²) < 4.78 is 0. The minimum atomic E-state index is -0.253. The van der Waals surface area contributed by atoms with E-state index in [9.17, 15) is 14.7 Å². The molecule has 2 fully saturated rings. The maximum absolute atomic E-state index is 12.4. The van der Waals surface area contributed by atoms with Crippen LogP contribution in [0.3, 0.4) is 0 Å². The van der Waals surface area contributed by atoms with Gasteiger partial charge in [0.2, 0.25) is 11.8 Å². The number of aliphatic hydroxyl groups excluding tert-OH is 1. The van der Waals surface area contributed by atoms with Crippen LogP contribution in [0.5, 0.6) is 0 Å². The summed E-state index contributed by atoms with van der Waals surface area (Å²) in [6.07, 6.45) is 1.15. The Morgan fingerprint density at radius 1 is 1.17 bits per heavy atom. The van der Waals surface area contributed by atoms with Crippen molar-refractivity contribution in [3.63, 3.8) is 0 Å². The third-order valence-corrected chi connectivity index (χ3v) is 4.95. The van der Waals surface area contributed by atoms with Gasteiger partial charge in [-0.3, -0.25) is 14.5 Å². The van der Waals surface area contributed by atoms with Crippen LogP contribution in [0.4, 0.5) is 5.69 Å². The standard InChI is InChI=1S/C17H22ClN3O3/c18-14-3-1-2-4-15(14)21-10-9-20(12-17(21)24)16(23)11-19-7-5-13(22)6-8-19/h1-4,13,22H,5-12H2.